The van der Waals surface area contributed by atoms with E-state index < -0.39 is 6.10 Å². The van der Waals surface area contributed by atoms with E-state index in [1.54, 1.807) is 12.3 Å². The fraction of sp³-hybridized carbons (Fsp3) is 0.333. The van der Waals surface area contributed by atoms with E-state index >= 15 is 0 Å². The van der Waals surface area contributed by atoms with Crippen molar-refractivity contribution in [1.82, 2.24) is 0 Å². The van der Waals surface area contributed by atoms with Crippen molar-refractivity contribution in [3.8, 4) is 11.5 Å². The lowest BCUT2D eigenvalue weighted by atomic mass is 10.0. The maximum Gasteiger partial charge on any atom is 0.161 e. The van der Waals surface area contributed by atoms with Crippen molar-refractivity contribution in [2.24, 2.45) is 0 Å². The number of fused-ring (bicyclic) bond motifs is 1. The second-order valence-electron chi connectivity index (χ2n) is 4.46. The highest BCUT2D eigenvalue weighted by Crippen LogP contribution is 2.35. The van der Waals surface area contributed by atoms with Gasteiger partial charge in [-0.3, -0.25) is 0 Å². The molecule has 1 aromatic heterocycles. The molecule has 0 saturated heterocycles. The van der Waals surface area contributed by atoms with Gasteiger partial charge in [0.2, 0.25) is 0 Å². The number of benzene rings is 1. The molecule has 0 aliphatic carbocycles. The van der Waals surface area contributed by atoms with Gasteiger partial charge < -0.3 is 19.0 Å². The Balaban J connectivity index is 1.93. The lowest BCUT2D eigenvalue weighted by Crippen LogP contribution is -2.15. The molecule has 4 nitrogen and oxygen atoms in total. The molecule has 1 aliphatic heterocycles. The summed E-state index contributed by atoms with van der Waals surface area (Å²) in [6, 6.07) is 7.31. The van der Waals surface area contributed by atoms with Crippen molar-refractivity contribution >= 4 is 0 Å². The lowest BCUT2D eigenvalue weighted by molar-refractivity contribution is 0.169. The monoisotopic (exact) mass is 260 g/mol. The minimum atomic E-state index is -0.704. The molecule has 1 atom stereocenters. The normalized spacial score (nSPS) is 15.3. The SMILES string of the molecule is CCc1occc1C(O)c1ccc2c(c1)OCCO2. The van der Waals surface area contributed by atoms with E-state index in [0.29, 0.717) is 19.0 Å². The van der Waals surface area contributed by atoms with Crippen LogP contribution in [0, 0.1) is 0 Å². The van der Waals surface area contributed by atoms with Crippen LogP contribution in [-0.2, 0) is 6.42 Å². The van der Waals surface area contributed by atoms with E-state index in [4.69, 9.17) is 13.9 Å². The molecular formula is C15H16O4. The average molecular weight is 260 g/mol. The van der Waals surface area contributed by atoms with Crippen LogP contribution in [0.1, 0.15) is 29.9 Å². The van der Waals surface area contributed by atoms with Crippen molar-refractivity contribution < 1.29 is 19.0 Å². The number of aliphatic hydroxyl groups excluding tert-OH is 1. The quantitative estimate of drug-likeness (QED) is 0.921. The maximum atomic E-state index is 10.4. The molecule has 0 bridgehead atoms. The van der Waals surface area contributed by atoms with Gasteiger partial charge in [0.15, 0.2) is 11.5 Å². The molecule has 19 heavy (non-hydrogen) atoms. The molecule has 3 rings (SSSR count). The highest BCUT2D eigenvalue weighted by atomic mass is 16.6. The third-order valence-corrected chi connectivity index (χ3v) is 3.28. The van der Waals surface area contributed by atoms with Crippen LogP contribution in [0.5, 0.6) is 11.5 Å². The second kappa shape index (κ2) is 4.97. The van der Waals surface area contributed by atoms with Crippen LogP contribution in [0.15, 0.2) is 34.9 Å². The van der Waals surface area contributed by atoms with Gasteiger partial charge in [-0.2, -0.15) is 0 Å². The summed E-state index contributed by atoms with van der Waals surface area (Å²) in [4.78, 5) is 0. The third-order valence-electron chi connectivity index (χ3n) is 3.28. The van der Waals surface area contributed by atoms with Gasteiger partial charge in [-0.1, -0.05) is 13.0 Å². The van der Waals surface area contributed by atoms with Crippen molar-refractivity contribution in [3.63, 3.8) is 0 Å². The summed E-state index contributed by atoms with van der Waals surface area (Å²) in [6.07, 6.45) is 1.66. The van der Waals surface area contributed by atoms with Crippen LogP contribution >= 0.6 is 0 Å². The Morgan fingerprint density at radius 2 is 1.95 bits per heavy atom. The van der Waals surface area contributed by atoms with Gasteiger partial charge >= 0.3 is 0 Å². The zero-order chi connectivity index (χ0) is 13.2. The Bertz CT molecular complexity index is 573. The largest absolute Gasteiger partial charge is 0.486 e. The second-order valence-corrected chi connectivity index (χ2v) is 4.46. The molecule has 1 aromatic carbocycles. The van der Waals surface area contributed by atoms with Crippen LogP contribution < -0.4 is 9.47 Å². The van der Waals surface area contributed by atoms with E-state index in [-0.39, 0.29) is 0 Å². The molecule has 0 spiro atoms. The van der Waals surface area contributed by atoms with E-state index in [1.807, 2.05) is 25.1 Å². The number of ether oxygens (including phenoxy) is 2. The minimum absolute atomic E-state index is 0.540. The van der Waals surface area contributed by atoms with Gasteiger partial charge in [0.25, 0.3) is 0 Å². The molecule has 0 saturated carbocycles. The minimum Gasteiger partial charge on any atom is -0.486 e. The lowest BCUT2D eigenvalue weighted by Gasteiger charge is -2.20. The van der Waals surface area contributed by atoms with Crippen molar-refractivity contribution in [3.05, 3.63) is 47.4 Å². The summed E-state index contributed by atoms with van der Waals surface area (Å²) < 4.78 is 16.4. The molecule has 4 heteroatoms. The standard InChI is InChI=1S/C15H16O4/c1-2-12-11(5-6-17-12)15(16)10-3-4-13-14(9-10)19-8-7-18-13/h3-6,9,15-16H,2,7-8H2,1H3. The first-order valence-corrected chi connectivity index (χ1v) is 6.43. The number of hydrogen-bond donors (Lipinski definition) is 1. The van der Waals surface area contributed by atoms with Gasteiger partial charge in [0.05, 0.1) is 6.26 Å². The van der Waals surface area contributed by atoms with Crippen molar-refractivity contribution in [2.75, 3.05) is 13.2 Å². The molecule has 1 unspecified atom stereocenters. The van der Waals surface area contributed by atoms with E-state index in [2.05, 4.69) is 0 Å². The van der Waals surface area contributed by atoms with Gasteiger partial charge in [-0.15, -0.1) is 0 Å². The Kier molecular flexibility index (Phi) is 3.17. The summed E-state index contributed by atoms with van der Waals surface area (Å²) in [7, 11) is 0. The molecule has 0 radical (unpaired) electrons. The fourth-order valence-electron chi connectivity index (χ4n) is 2.29. The van der Waals surface area contributed by atoms with E-state index in [0.717, 1.165) is 29.1 Å². The van der Waals surface area contributed by atoms with Gasteiger partial charge in [-0.05, 0) is 23.8 Å². The summed E-state index contributed by atoms with van der Waals surface area (Å²) in [5, 5.41) is 10.4. The summed E-state index contributed by atoms with van der Waals surface area (Å²) in [5.74, 6) is 2.22. The highest BCUT2D eigenvalue weighted by Gasteiger charge is 2.19. The fourth-order valence-corrected chi connectivity index (χ4v) is 2.29. The highest BCUT2D eigenvalue weighted by molar-refractivity contribution is 5.46. The van der Waals surface area contributed by atoms with Crippen LogP contribution in [-0.4, -0.2) is 18.3 Å². The Hall–Kier alpha value is -1.94. The number of hydrogen-bond acceptors (Lipinski definition) is 4. The molecular weight excluding hydrogens is 244 g/mol. The van der Waals surface area contributed by atoms with Gasteiger partial charge in [0, 0.05) is 12.0 Å². The topological polar surface area (TPSA) is 51.8 Å². The predicted octanol–water partition coefficient (Wildman–Crippen LogP) is 2.69. The number of rotatable bonds is 3. The number of furan rings is 1. The zero-order valence-electron chi connectivity index (χ0n) is 10.8. The molecule has 1 aliphatic rings. The zero-order valence-corrected chi connectivity index (χ0v) is 10.8. The number of aryl methyl sites for hydroxylation is 1. The Labute approximate surface area is 111 Å². The van der Waals surface area contributed by atoms with Crippen LogP contribution in [0.4, 0.5) is 0 Å². The first-order chi connectivity index (χ1) is 9.29. The number of aliphatic hydroxyl groups is 1. The Morgan fingerprint density at radius 3 is 2.74 bits per heavy atom. The molecule has 0 amide bonds. The first-order valence-electron chi connectivity index (χ1n) is 6.43. The third kappa shape index (κ3) is 2.19. The van der Waals surface area contributed by atoms with Crippen molar-refractivity contribution in [1.29, 1.82) is 0 Å². The predicted molar refractivity (Wildman–Crippen MR) is 69.6 cm³/mol. The summed E-state index contributed by atoms with van der Waals surface area (Å²) in [5.41, 5.74) is 1.58. The molecule has 1 N–H and O–H groups in total. The van der Waals surface area contributed by atoms with Gasteiger partial charge in [-0.25, -0.2) is 0 Å². The van der Waals surface area contributed by atoms with Crippen LogP contribution in [0.25, 0.3) is 0 Å². The Morgan fingerprint density at radius 1 is 1.16 bits per heavy atom. The van der Waals surface area contributed by atoms with Gasteiger partial charge in [0.1, 0.15) is 25.1 Å². The molecule has 0 fully saturated rings. The molecule has 2 aromatic rings. The van der Waals surface area contributed by atoms with Crippen LogP contribution in [0.3, 0.4) is 0 Å². The van der Waals surface area contributed by atoms with Crippen LogP contribution in [0.2, 0.25) is 0 Å². The van der Waals surface area contributed by atoms with E-state index in [9.17, 15) is 5.11 Å². The molecule has 100 valence electrons. The summed E-state index contributed by atoms with van der Waals surface area (Å²) >= 11 is 0. The smallest absolute Gasteiger partial charge is 0.161 e. The van der Waals surface area contributed by atoms with E-state index in [1.165, 1.54) is 0 Å². The first kappa shape index (κ1) is 12.1. The molecule has 2 heterocycles. The maximum absolute atomic E-state index is 10.4. The summed E-state index contributed by atoms with van der Waals surface area (Å²) in [6.45, 7) is 3.11. The average Bonchev–Trinajstić information content (AvgIpc) is 2.94. The van der Waals surface area contributed by atoms with Crippen molar-refractivity contribution in [2.45, 2.75) is 19.4 Å².